The van der Waals surface area contributed by atoms with Crippen molar-refractivity contribution >= 4 is 12.1 Å². The largest absolute Gasteiger partial charge is 0.328 e. The van der Waals surface area contributed by atoms with Gasteiger partial charge >= 0.3 is 0 Å². The second kappa shape index (κ2) is 11.7. The maximum atomic E-state index is 10.0. The van der Waals surface area contributed by atoms with Crippen LogP contribution in [0.3, 0.4) is 0 Å². The highest BCUT2D eigenvalue weighted by Gasteiger charge is 1.91. The van der Waals surface area contributed by atoms with E-state index in [9.17, 15) is 4.79 Å². The van der Waals surface area contributed by atoms with Crippen LogP contribution in [0.4, 0.5) is 5.69 Å². The minimum atomic E-state index is 0.683. The van der Waals surface area contributed by atoms with Gasteiger partial charge in [0.05, 0.1) is 0 Å². The van der Waals surface area contributed by atoms with Gasteiger partial charge in [0.15, 0.2) is 0 Å². The van der Waals surface area contributed by atoms with E-state index in [0.717, 1.165) is 11.3 Å². The average molecular weight is 195 g/mol. The van der Waals surface area contributed by atoms with Gasteiger partial charge in [-0.1, -0.05) is 45.9 Å². The molecule has 0 atom stereocenters. The number of amides is 1. The van der Waals surface area contributed by atoms with E-state index < -0.39 is 0 Å². The Morgan fingerprint density at radius 2 is 1.57 bits per heavy atom. The van der Waals surface area contributed by atoms with Crippen LogP contribution in [0.1, 0.15) is 33.3 Å². The van der Waals surface area contributed by atoms with Gasteiger partial charge in [-0.2, -0.15) is 0 Å². The highest BCUT2D eigenvalue weighted by atomic mass is 16.1. The van der Waals surface area contributed by atoms with Crippen molar-refractivity contribution in [3.63, 3.8) is 0 Å². The molecule has 2 heteroatoms. The standard InChI is InChI=1S/C8H9NO.2C2H6/c1-7-4-2-3-5-8(7)9-6-10;2*1-2/h2-6H,1H3,(H,9,10);2*1-2H3. The average Bonchev–Trinajstić information content (AvgIpc) is 2.28. The van der Waals surface area contributed by atoms with Crippen LogP contribution in [0.25, 0.3) is 0 Å². The summed E-state index contributed by atoms with van der Waals surface area (Å²) in [5.41, 5.74) is 1.95. The first kappa shape index (κ1) is 15.2. The molecule has 1 N–H and O–H groups in total. The van der Waals surface area contributed by atoms with Gasteiger partial charge in [0.25, 0.3) is 0 Å². The van der Waals surface area contributed by atoms with Gasteiger partial charge in [-0.3, -0.25) is 4.79 Å². The lowest BCUT2D eigenvalue weighted by molar-refractivity contribution is -0.105. The Morgan fingerprint density at radius 1 is 1.07 bits per heavy atom. The second-order valence-electron chi connectivity index (χ2n) is 2.08. The highest BCUT2D eigenvalue weighted by molar-refractivity contribution is 5.72. The lowest BCUT2D eigenvalue weighted by Gasteiger charge is -2.00. The molecule has 1 aromatic carbocycles. The van der Waals surface area contributed by atoms with Crippen LogP contribution in [0.5, 0.6) is 0 Å². The van der Waals surface area contributed by atoms with Crippen LogP contribution in [0.2, 0.25) is 0 Å². The van der Waals surface area contributed by atoms with E-state index in [-0.39, 0.29) is 0 Å². The zero-order chi connectivity index (χ0) is 11.4. The van der Waals surface area contributed by atoms with E-state index in [4.69, 9.17) is 0 Å². The number of carbonyl (C=O) groups is 1. The van der Waals surface area contributed by atoms with E-state index in [2.05, 4.69) is 5.32 Å². The van der Waals surface area contributed by atoms with Gasteiger partial charge in [0, 0.05) is 5.69 Å². The monoisotopic (exact) mass is 195 g/mol. The maximum Gasteiger partial charge on any atom is 0.211 e. The molecular formula is C12H21NO. The SMILES string of the molecule is CC.CC.Cc1ccccc1NC=O. The summed E-state index contributed by atoms with van der Waals surface area (Å²) in [6.45, 7) is 9.95. The molecular weight excluding hydrogens is 174 g/mol. The van der Waals surface area contributed by atoms with E-state index >= 15 is 0 Å². The zero-order valence-electron chi connectivity index (χ0n) is 9.79. The third-order valence-corrected chi connectivity index (χ3v) is 1.36. The Hall–Kier alpha value is -1.31. The van der Waals surface area contributed by atoms with Crippen LogP contribution in [-0.2, 0) is 4.79 Å². The first-order chi connectivity index (χ1) is 6.84. The lowest BCUT2D eigenvalue weighted by atomic mass is 10.2. The number of nitrogens with one attached hydrogen (secondary N) is 1. The van der Waals surface area contributed by atoms with E-state index in [1.54, 1.807) is 0 Å². The van der Waals surface area contributed by atoms with Crippen molar-refractivity contribution in [2.45, 2.75) is 34.6 Å². The predicted octanol–water partition coefficient (Wildman–Crippen LogP) is 3.62. The molecule has 80 valence electrons. The summed E-state index contributed by atoms with van der Waals surface area (Å²) in [7, 11) is 0. The summed E-state index contributed by atoms with van der Waals surface area (Å²) in [4.78, 5) is 10.0. The van der Waals surface area contributed by atoms with Gasteiger partial charge in [-0.05, 0) is 18.6 Å². The van der Waals surface area contributed by atoms with Crippen molar-refractivity contribution < 1.29 is 4.79 Å². The van der Waals surface area contributed by atoms with Crippen molar-refractivity contribution in [1.82, 2.24) is 0 Å². The molecule has 1 rings (SSSR count). The number of carbonyl (C=O) groups excluding carboxylic acids is 1. The molecule has 0 aliphatic rings. The first-order valence-electron chi connectivity index (χ1n) is 5.10. The number of para-hydroxylation sites is 1. The third kappa shape index (κ3) is 6.23. The lowest BCUT2D eigenvalue weighted by Crippen LogP contribution is -1.94. The van der Waals surface area contributed by atoms with Crippen molar-refractivity contribution in [3.05, 3.63) is 29.8 Å². The maximum absolute atomic E-state index is 10.0. The molecule has 0 bridgehead atoms. The number of aryl methyl sites for hydroxylation is 1. The number of anilines is 1. The van der Waals surface area contributed by atoms with Gasteiger partial charge in [0.1, 0.15) is 0 Å². The molecule has 2 nitrogen and oxygen atoms in total. The summed E-state index contributed by atoms with van der Waals surface area (Å²) in [6, 6.07) is 7.64. The minimum absolute atomic E-state index is 0.683. The third-order valence-electron chi connectivity index (χ3n) is 1.36. The summed E-state index contributed by atoms with van der Waals surface area (Å²) >= 11 is 0. The fourth-order valence-electron chi connectivity index (χ4n) is 0.798. The Bertz CT molecular complexity index is 234. The normalized spacial score (nSPS) is 7.21. The number of rotatable bonds is 2. The van der Waals surface area contributed by atoms with Crippen molar-refractivity contribution in [2.75, 3.05) is 5.32 Å². The van der Waals surface area contributed by atoms with Crippen LogP contribution in [-0.4, -0.2) is 6.41 Å². The van der Waals surface area contributed by atoms with E-state index in [0.29, 0.717) is 6.41 Å². The molecule has 0 aliphatic heterocycles. The predicted molar refractivity (Wildman–Crippen MR) is 63.6 cm³/mol. The van der Waals surface area contributed by atoms with Crippen molar-refractivity contribution in [3.8, 4) is 0 Å². The van der Waals surface area contributed by atoms with Gasteiger partial charge < -0.3 is 5.32 Å². The number of hydrogen-bond acceptors (Lipinski definition) is 1. The molecule has 1 amide bonds. The molecule has 0 aliphatic carbocycles. The first-order valence-corrected chi connectivity index (χ1v) is 5.10. The van der Waals surface area contributed by atoms with E-state index in [1.807, 2.05) is 58.9 Å². The van der Waals surface area contributed by atoms with Crippen LogP contribution in [0.15, 0.2) is 24.3 Å². The molecule has 14 heavy (non-hydrogen) atoms. The molecule has 0 saturated carbocycles. The molecule has 0 spiro atoms. The van der Waals surface area contributed by atoms with Crippen molar-refractivity contribution in [1.29, 1.82) is 0 Å². The van der Waals surface area contributed by atoms with Crippen LogP contribution in [0, 0.1) is 6.92 Å². The summed E-state index contributed by atoms with van der Waals surface area (Å²) in [5.74, 6) is 0. The topological polar surface area (TPSA) is 29.1 Å². The summed E-state index contributed by atoms with van der Waals surface area (Å²) < 4.78 is 0. The fourth-order valence-corrected chi connectivity index (χ4v) is 0.798. The number of hydrogen-bond donors (Lipinski definition) is 1. The van der Waals surface area contributed by atoms with Gasteiger partial charge in [-0.15, -0.1) is 0 Å². The quantitative estimate of drug-likeness (QED) is 0.717. The zero-order valence-corrected chi connectivity index (χ0v) is 9.79. The summed E-state index contributed by atoms with van der Waals surface area (Å²) in [6.07, 6.45) is 0.683. The van der Waals surface area contributed by atoms with Gasteiger partial charge in [0.2, 0.25) is 6.41 Å². The molecule has 0 saturated heterocycles. The van der Waals surface area contributed by atoms with E-state index in [1.165, 1.54) is 0 Å². The fraction of sp³-hybridized carbons (Fsp3) is 0.417. The Kier molecular flexibility index (Phi) is 12.7. The molecule has 0 radical (unpaired) electrons. The molecule has 0 aromatic heterocycles. The van der Waals surface area contributed by atoms with Crippen LogP contribution < -0.4 is 5.32 Å². The molecule has 0 unspecified atom stereocenters. The molecule has 0 heterocycles. The Morgan fingerprint density at radius 3 is 2.00 bits per heavy atom. The number of benzene rings is 1. The van der Waals surface area contributed by atoms with Crippen molar-refractivity contribution in [2.24, 2.45) is 0 Å². The smallest absolute Gasteiger partial charge is 0.211 e. The second-order valence-corrected chi connectivity index (χ2v) is 2.08. The molecule has 0 fully saturated rings. The molecule has 1 aromatic rings. The minimum Gasteiger partial charge on any atom is -0.328 e. The Labute approximate surface area is 87.3 Å². The summed E-state index contributed by atoms with van der Waals surface area (Å²) in [5, 5.41) is 2.60. The Balaban J connectivity index is 0. The van der Waals surface area contributed by atoms with Crippen LogP contribution >= 0.6 is 0 Å². The van der Waals surface area contributed by atoms with Gasteiger partial charge in [-0.25, -0.2) is 0 Å². The highest BCUT2D eigenvalue weighted by Crippen LogP contribution is 2.11.